The molecule has 0 saturated carbocycles. The van der Waals surface area contributed by atoms with Crippen LogP contribution in [-0.4, -0.2) is 38.6 Å². The molecular formula is C22H31N3O2. The summed E-state index contributed by atoms with van der Waals surface area (Å²) in [5.41, 5.74) is 2.38. The Labute approximate surface area is 162 Å². The summed E-state index contributed by atoms with van der Waals surface area (Å²) >= 11 is 0. The number of aromatic hydroxyl groups is 1. The summed E-state index contributed by atoms with van der Waals surface area (Å²) in [6.07, 6.45) is 5.74. The predicted octanol–water partition coefficient (Wildman–Crippen LogP) is 4.39. The molecule has 5 nitrogen and oxygen atoms in total. The van der Waals surface area contributed by atoms with Gasteiger partial charge in [-0.1, -0.05) is 33.8 Å². The van der Waals surface area contributed by atoms with Crippen LogP contribution in [0.25, 0.3) is 0 Å². The highest BCUT2D eigenvalue weighted by atomic mass is 16.3. The number of hydrogen-bond acceptors (Lipinski definition) is 3. The van der Waals surface area contributed by atoms with Crippen molar-refractivity contribution >= 4 is 5.91 Å². The van der Waals surface area contributed by atoms with Gasteiger partial charge in [0.05, 0.1) is 5.56 Å². The summed E-state index contributed by atoms with van der Waals surface area (Å²) < 4.78 is 2.03. The van der Waals surface area contributed by atoms with Crippen molar-refractivity contribution in [2.24, 2.45) is 7.05 Å². The number of piperidine rings is 1. The maximum Gasteiger partial charge on any atom is 0.257 e. The Morgan fingerprint density at radius 3 is 2.56 bits per heavy atom. The molecule has 0 bridgehead atoms. The second-order valence-electron chi connectivity index (χ2n) is 8.30. The zero-order valence-corrected chi connectivity index (χ0v) is 17.1. The molecule has 1 amide bonds. The standard InChI is InChI=1S/C22H31N3O2/c1-14(2)17-11-18(15(3)4)20(26)19(12-17)22(27)25-9-6-7-16(13-25)21-23-8-10-24(21)5/h8,10-12,14-16,26H,6-7,9,13H2,1-5H3/t16-/m0/s1. The van der Waals surface area contributed by atoms with Crippen LogP contribution in [0.4, 0.5) is 0 Å². The maximum absolute atomic E-state index is 13.3. The van der Waals surface area contributed by atoms with Gasteiger partial charge in [0, 0.05) is 38.4 Å². The fourth-order valence-corrected chi connectivity index (χ4v) is 3.93. The van der Waals surface area contributed by atoms with E-state index in [1.807, 2.05) is 54.9 Å². The minimum atomic E-state index is -0.0733. The van der Waals surface area contributed by atoms with E-state index in [1.54, 1.807) is 0 Å². The molecule has 1 N–H and O–H groups in total. The Balaban J connectivity index is 1.92. The van der Waals surface area contributed by atoms with Crippen molar-refractivity contribution in [2.45, 2.75) is 58.3 Å². The van der Waals surface area contributed by atoms with Crippen LogP contribution >= 0.6 is 0 Å². The molecule has 0 unspecified atom stereocenters. The lowest BCUT2D eigenvalue weighted by atomic mass is 9.90. The fraction of sp³-hybridized carbons (Fsp3) is 0.545. The Morgan fingerprint density at radius 1 is 1.22 bits per heavy atom. The Morgan fingerprint density at radius 2 is 1.96 bits per heavy atom. The SMILES string of the molecule is CC(C)c1cc(C(=O)N2CCC[C@H](c3nccn3C)C2)c(O)c(C(C)C)c1. The van der Waals surface area contributed by atoms with Gasteiger partial charge in [0.25, 0.3) is 5.91 Å². The number of nitrogens with zero attached hydrogens (tertiary/aromatic N) is 3. The molecule has 2 aromatic rings. The first kappa shape index (κ1) is 19.5. The van der Waals surface area contributed by atoms with Crippen LogP contribution in [0, 0.1) is 0 Å². The van der Waals surface area contributed by atoms with Crippen LogP contribution in [-0.2, 0) is 7.05 Å². The Hall–Kier alpha value is -2.30. The smallest absolute Gasteiger partial charge is 0.257 e. The maximum atomic E-state index is 13.3. The van der Waals surface area contributed by atoms with Crippen molar-refractivity contribution < 1.29 is 9.90 Å². The number of carbonyl (C=O) groups excluding carboxylic acids is 1. The van der Waals surface area contributed by atoms with Gasteiger partial charge < -0.3 is 14.6 Å². The average Bonchev–Trinajstić information content (AvgIpc) is 3.07. The monoisotopic (exact) mass is 369 g/mol. The van der Waals surface area contributed by atoms with Gasteiger partial charge in [0.1, 0.15) is 11.6 Å². The minimum absolute atomic E-state index is 0.0733. The van der Waals surface area contributed by atoms with Crippen LogP contribution in [0.15, 0.2) is 24.5 Å². The molecule has 1 aromatic carbocycles. The molecule has 0 spiro atoms. The van der Waals surface area contributed by atoms with E-state index >= 15 is 0 Å². The van der Waals surface area contributed by atoms with Gasteiger partial charge in [-0.05, 0) is 41.9 Å². The van der Waals surface area contributed by atoms with Gasteiger partial charge >= 0.3 is 0 Å². The molecule has 146 valence electrons. The summed E-state index contributed by atoms with van der Waals surface area (Å²) in [4.78, 5) is 19.7. The second kappa shape index (κ2) is 7.75. The molecule has 1 fully saturated rings. The highest BCUT2D eigenvalue weighted by molar-refractivity contribution is 5.97. The molecule has 1 atom stereocenters. The zero-order chi connectivity index (χ0) is 19.7. The third kappa shape index (κ3) is 3.87. The number of phenolic OH excluding ortho intramolecular Hbond substituents is 1. The highest BCUT2D eigenvalue weighted by Gasteiger charge is 2.30. The number of phenols is 1. The lowest BCUT2D eigenvalue weighted by Gasteiger charge is -2.33. The number of carbonyl (C=O) groups is 1. The quantitative estimate of drug-likeness (QED) is 0.869. The fourth-order valence-electron chi connectivity index (χ4n) is 3.93. The molecule has 3 rings (SSSR count). The van der Waals surface area contributed by atoms with Crippen LogP contribution in [0.2, 0.25) is 0 Å². The van der Waals surface area contributed by atoms with Crippen LogP contribution in [0.5, 0.6) is 5.75 Å². The first-order valence-electron chi connectivity index (χ1n) is 9.92. The third-order valence-corrected chi connectivity index (χ3v) is 5.61. The van der Waals surface area contributed by atoms with Crippen LogP contribution in [0.3, 0.4) is 0 Å². The van der Waals surface area contributed by atoms with Gasteiger partial charge in [-0.25, -0.2) is 4.98 Å². The molecule has 1 aromatic heterocycles. The van der Waals surface area contributed by atoms with Crippen molar-refractivity contribution in [2.75, 3.05) is 13.1 Å². The minimum Gasteiger partial charge on any atom is -0.507 e. The number of benzene rings is 1. The first-order chi connectivity index (χ1) is 12.8. The first-order valence-corrected chi connectivity index (χ1v) is 9.92. The van der Waals surface area contributed by atoms with Crippen molar-refractivity contribution in [3.8, 4) is 5.75 Å². The van der Waals surface area contributed by atoms with Crippen LogP contribution < -0.4 is 0 Å². The molecule has 1 aliphatic heterocycles. The molecule has 2 heterocycles. The summed E-state index contributed by atoms with van der Waals surface area (Å²) in [7, 11) is 2.00. The topological polar surface area (TPSA) is 58.4 Å². The lowest BCUT2D eigenvalue weighted by Crippen LogP contribution is -2.39. The Kier molecular flexibility index (Phi) is 5.59. The second-order valence-corrected chi connectivity index (χ2v) is 8.30. The van der Waals surface area contributed by atoms with E-state index < -0.39 is 0 Å². The summed E-state index contributed by atoms with van der Waals surface area (Å²) in [6.45, 7) is 9.69. The summed E-state index contributed by atoms with van der Waals surface area (Å²) in [6, 6.07) is 3.91. The summed E-state index contributed by atoms with van der Waals surface area (Å²) in [5, 5.41) is 10.8. The van der Waals surface area contributed by atoms with Crippen LogP contribution in [0.1, 0.15) is 85.6 Å². The highest BCUT2D eigenvalue weighted by Crippen LogP contribution is 2.35. The van der Waals surface area contributed by atoms with Crippen molar-refractivity contribution in [1.82, 2.24) is 14.5 Å². The molecular weight excluding hydrogens is 338 g/mol. The van der Waals surface area contributed by atoms with E-state index in [1.165, 1.54) is 0 Å². The van der Waals surface area contributed by atoms with E-state index in [9.17, 15) is 9.90 Å². The number of likely N-dealkylation sites (tertiary alicyclic amines) is 1. The van der Waals surface area contributed by atoms with Gasteiger partial charge in [0.15, 0.2) is 0 Å². The third-order valence-electron chi connectivity index (χ3n) is 5.61. The number of rotatable bonds is 4. The average molecular weight is 370 g/mol. The van der Waals surface area contributed by atoms with E-state index in [4.69, 9.17) is 0 Å². The van der Waals surface area contributed by atoms with E-state index in [2.05, 4.69) is 18.8 Å². The van der Waals surface area contributed by atoms with Gasteiger partial charge in [-0.15, -0.1) is 0 Å². The predicted molar refractivity (Wildman–Crippen MR) is 107 cm³/mol. The zero-order valence-electron chi connectivity index (χ0n) is 17.1. The van der Waals surface area contributed by atoms with Crippen molar-refractivity contribution in [3.05, 3.63) is 47.0 Å². The molecule has 0 radical (unpaired) electrons. The number of aryl methyl sites for hydroxylation is 1. The largest absolute Gasteiger partial charge is 0.507 e. The van der Waals surface area contributed by atoms with Gasteiger partial charge in [-0.2, -0.15) is 0 Å². The van der Waals surface area contributed by atoms with E-state index in [0.29, 0.717) is 18.0 Å². The van der Waals surface area contributed by atoms with E-state index in [0.717, 1.165) is 36.3 Å². The van der Waals surface area contributed by atoms with Crippen molar-refractivity contribution in [3.63, 3.8) is 0 Å². The van der Waals surface area contributed by atoms with E-state index in [-0.39, 0.29) is 23.5 Å². The van der Waals surface area contributed by atoms with Gasteiger partial charge in [-0.3, -0.25) is 4.79 Å². The molecule has 27 heavy (non-hydrogen) atoms. The number of amides is 1. The van der Waals surface area contributed by atoms with Gasteiger partial charge in [0.2, 0.25) is 0 Å². The number of imidazole rings is 1. The number of aromatic nitrogens is 2. The molecule has 1 saturated heterocycles. The summed E-state index contributed by atoms with van der Waals surface area (Å²) in [5.74, 6) is 1.79. The normalized spacial score (nSPS) is 17.7. The molecule has 0 aliphatic carbocycles. The molecule has 5 heteroatoms. The molecule has 1 aliphatic rings. The number of hydrogen-bond donors (Lipinski definition) is 1. The lowest BCUT2D eigenvalue weighted by molar-refractivity contribution is 0.0700. The Bertz CT molecular complexity index is 823. The van der Waals surface area contributed by atoms with Crippen molar-refractivity contribution in [1.29, 1.82) is 0 Å².